The summed E-state index contributed by atoms with van der Waals surface area (Å²) in [5.74, 6) is -0.568. The highest BCUT2D eigenvalue weighted by molar-refractivity contribution is 6.31. The number of anilines is 2. The fourth-order valence-electron chi connectivity index (χ4n) is 3.44. The van der Waals surface area contributed by atoms with Crippen molar-refractivity contribution in [1.29, 1.82) is 0 Å². The third kappa shape index (κ3) is 4.31. The van der Waals surface area contributed by atoms with Crippen LogP contribution in [-0.4, -0.2) is 18.6 Å². The van der Waals surface area contributed by atoms with Gasteiger partial charge >= 0.3 is 0 Å². The van der Waals surface area contributed by atoms with Crippen LogP contribution in [0.3, 0.4) is 0 Å². The number of ether oxygens (including phenoxy) is 2. The average molecular weight is 479 g/mol. The van der Waals surface area contributed by atoms with Crippen molar-refractivity contribution in [2.24, 2.45) is 0 Å². The van der Waals surface area contributed by atoms with E-state index in [4.69, 9.17) is 25.5 Å². The predicted molar refractivity (Wildman–Crippen MR) is 126 cm³/mol. The van der Waals surface area contributed by atoms with Crippen LogP contribution >= 0.6 is 11.6 Å². The van der Waals surface area contributed by atoms with Crippen LogP contribution in [0.4, 0.5) is 15.8 Å². The highest BCUT2D eigenvalue weighted by Crippen LogP contribution is 2.34. The van der Waals surface area contributed by atoms with Gasteiger partial charge in [0.15, 0.2) is 11.5 Å². The topological polar surface area (TPSA) is 89.8 Å². The number of hydrogen-bond donors (Lipinski definition) is 2. The molecular weight excluding hydrogens is 463 g/mol. The van der Waals surface area contributed by atoms with Crippen molar-refractivity contribution in [3.63, 3.8) is 0 Å². The number of hydrogen-bond acceptors (Lipinski definition) is 5. The van der Waals surface area contributed by atoms with Crippen molar-refractivity contribution < 1.29 is 27.9 Å². The minimum atomic E-state index is -0.631. The lowest BCUT2D eigenvalue weighted by molar-refractivity contribution is -0.111. The minimum Gasteiger partial charge on any atom is -0.454 e. The molecule has 0 aliphatic carbocycles. The number of benzene rings is 3. The summed E-state index contributed by atoms with van der Waals surface area (Å²) in [4.78, 5) is 25.6. The molecule has 2 N–H and O–H groups in total. The molecule has 4 aromatic rings. The molecule has 9 heteroatoms. The summed E-state index contributed by atoms with van der Waals surface area (Å²) in [6, 6.07) is 16.0. The monoisotopic (exact) mass is 478 g/mol. The van der Waals surface area contributed by atoms with E-state index in [0.717, 1.165) is 11.6 Å². The molecule has 1 aliphatic heterocycles. The molecule has 2 heterocycles. The number of para-hydroxylation sites is 1. The number of carbonyl (C=O) groups excluding carboxylic acids is 2. The Kier molecular flexibility index (Phi) is 5.65. The van der Waals surface area contributed by atoms with Crippen LogP contribution in [0, 0.1) is 5.82 Å². The van der Waals surface area contributed by atoms with Crippen LogP contribution in [0.2, 0.25) is 5.02 Å². The van der Waals surface area contributed by atoms with E-state index in [0.29, 0.717) is 22.5 Å². The molecule has 170 valence electrons. The Morgan fingerprint density at radius 1 is 0.971 bits per heavy atom. The third-order valence-corrected chi connectivity index (χ3v) is 5.34. The Hall–Kier alpha value is -4.30. The maximum Gasteiger partial charge on any atom is 0.293 e. The molecule has 5 rings (SSSR count). The van der Waals surface area contributed by atoms with Crippen LogP contribution < -0.4 is 20.1 Å². The smallest absolute Gasteiger partial charge is 0.293 e. The summed E-state index contributed by atoms with van der Waals surface area (Å²) in [6.45, 7) is 0.158. The molecule has 0 atom stereocenters. The van der Waals surface area contributed by atoms with Crippen molar-refractivity contribution in [1.82, 2.24) is 0 Å². The quantitative estimate of drug-likeness (QED) is 0.351. The van der Waals surface area contributed by atoms with Crippen LogP contribution in [0.15, 0.2) is 71.2 Å². The number of amides is 2. The molecule has 0 radical (unpaired) electrons. The first-order valence-electron chi connectivity index (χ1n) is 10.1. The summed E-state index contributed by atoms with van der Waals surface area (Å²) >= 11 is 5.79. The normalized spacial score (nSPS) is 12.3. The first kappa shape index (κ1) is 21.5. The van der Waals surface area contributed by atoms with E-state index in [1.165, 1.54) is 18.2 Å². The highest BCUT2D eigenvalue weighted by Gasteiger charge is 2.22. The Morgan fingerprint density at radius 2 is 1.79 bits per heavy atom. The number of rotatable bonds is 5. The first-order chi connectivity index (χ1) is 16.5. The summed E-state index contributed by atoms with van der Waals surface area (Å²) in [7, 11) is 0. The Bertz CT molecular complexity index is 1460. The second-order valence-electron chi connectivity index (χ2n) is 7.32. The molecular formula is C25H16ClFN2O5. The number of nitrogens with one attached hydrogen (secondary N) is 2. The zero-order valence-corrected chi connectivity index (χ0v) is 18.2. The molecule has 1 aliphatic rings. The molecule has 34 heavy (non-hydrogen) atoms. The summed E-state index contributed by atoms with van der Waals surface area (Å²) in [5, 5.41) is 5.74. The molecule has 0 saturated heterocycles. The number of furan rings is 1. The van der Waals surface area contributed by atoms with Gasteiger partial charge in [0.1, 0.15) is 17.1 Å². The molecule has 2 amide bonds. The van der Waals surface area contributed by atoms with Gasteiger partial charge in [-0.15, -0.1) is 0 Å². The van der Waals surface area contributed by atoms with Gasteiger partial charge in [-0.1, -0.05) is 29.8 Å². The lowest BCUT2D eigenvalue weighted by Crippen LogP contribution is -2.15. The van der Waals surface area contributed by atoms with Gasteiger partial charge in [-0.05, 0) is 54.1 Å². The second kappa shape index (κ2) is 8.92. The van der Waals surface area contributed by atoms with Crippen molar-refractivity contribution in [2.45, 2.75) is 0 Å². The van der Waals surface area contributed by atoms with E-state index in [1.807, 2.05) is 0 Å². The number of fused-ring (bicyclic) bond motifs is 2. The zero-order chi connectivity index (χ0) is 23.7. The Balaban J connectivity index is 1.39. The van der Waals surface area contributed by atoms with Gasteiger partial charge in [-0.2, -0.15) is 0 Å². The zero-order valence-electron chi connectivity index (χ0n) is 17.4. The summed E-state index contributed by atoms with van der Waals surface area (Å²) in [5.41, 5.74) is 1.64. The van der Waals surface area contributed by atoms with E-state index in [1.54, 1.807) is 48.5 Å². The summed E-state index contributed by atoms with van der Waals surface area (Å²) < 4.78 is 29.8. The van der Waals surface area contributed by atoms with Crippen molar-refractivity contribution >= 4 is 51.8 Å². The molecule has 3 aromatic carbocycles. The van der Waals surface area contributed by atoms with E-state index in [-0.39, 0.29) is 29.0 Å². The lowest BCUT2D eigenvalue weighted by Gasteiger charge is -2.07. The largest absolute Gasteiger partial charge is 0.454 e. The van der Waals surface area contributed by atoms with Crippen molar-refractivity contribution in [2.75, 3.05) is 17.4 Å². The van der Waals surface area contributed by atoms with Crippen LogP contribution in [-0.2, 0) is 4.79 Å². The van der Waals surface area contributed by atoms with E-state index >= 15 is 0 Å². The van der Waals surface area contributed by atoms with E-state index in [2.05, 4.69) is 10.6 Å². The van der Waals surface area contributed by atoms with E-state index < -0.39 is 17.6 Å². The van der Waals surface area contributed by atoms with Gasteiger partial charge in [0.05, 0.1) is 5.02 Å². The molecule has 7 nitrogen and oxygen atoms in total. The molecule has 0 saturated carbocycles. The van der Waals surface area contributed by atoms with Crippen LogP contribution in [0.1, 0.15) is 16.1 Å². The van der Waals surface area contributed by atoms with Crippen LogP contribution in [0.5, 0.6) is 11.5 Å². The number of carbonyl (C=O) groups is 2. The number of halogens is 2. The predicted octanol–water partition coefficient (Wildman–Crippen LogP) is 5.86. The standard InChI is InChI=1S/C25H16ClFN2O5/c26-17-12-15(7-8-18(17)27)28-25(31)24-23(16-3-1-2-4-19(16)34-24)29-22(30)10-6-14-5-9-20-21(11-14)33-13-32-20/h1-12H,13H2,(H,28,31)(H,29,30)/b10-6+. The van der Waals surface area contributed by atoms with E-state index in [9.17, 15) is 14.0 Å². The van der Waals surface area contributed by atoms with Crippen molar-refractivity contribution in [3.8, 4) is 11.5 Å². The fraction of sp³-hybridized carbons (Fsp3) is 0.0400. The van der Waals surface area contributed by atoms with Gasteiger partial charge < -0.3 is 24.5 Å². The minimum absolute atomic E-state index is 0.105. The van der Waals surface area contributed by atoms with Gasteiger partial charge in [0.25, 0.3) is 5.91 Å². The Morgan fingerprint density at radius 3 is 2.65 bits per heavy atom. The fourth-order valence-corrected chi connectivity index (χ4v) is 3.63. The van der Waals surface area contributed by atoms with Crippen molar-refractivity contribution in [3.05, 3.63) is 88.9 Å². The maximum atomic E-state index is 13.4. The van der Waals surface area contributed by atoms with Gasteiger partial charge in [0, 0.05) is 17.1 Å². The van der Waals surface area contributed by atoms with Gasteiger partial charge in [-0.3, -0.25) is 9.59 Å². The maximum absolute atomic E-state index is 13.4. The SMILES string of the molecule is O=C(/C=C/c1ccc2c(c1)OCO2)Nc1c(C(=O)Nc2ccc(F)c(Cl)c2)oc2ccccc12. The average Bonchev–Trinajstić information content (AvgIpc) is 3.44. The molecule has 0 bridgehead atoms. The second-order valence-corrected chi connectivity index (χ2v) is 7.73. The Labute approximate surface area is 197 Å². The first-order valence-corrected chi connectivity index (χ1v) is 10.5. The molecule has 0 unspecified atom stereocenters. The third-order valence-electron chi connectivity index (χ3n) is 5.05. The van der Waals surface area contributed by atoms with Gasteiger partial charge in [0.2, 0.25) is 18.5 Å². The highest BCUT2D eigenvalue weighted by atomic mass is 35.5. The lowest BCUT2D eigenvalue weighted by atomic mass is 10.2. The van der Waals surface area contributed by atoms with Gasteiger partial charge in [-0.25, -0.2) is 4.39 Å². The summed E-state index contributed by atoms with van der Waals surface area (Å²) in [6.07, 6.45) is 2.95. The van der Waals surface area contributed by atoms with Crippen LogP contribution in [0.25, 0.3) is 17.0 Å². The molecule has 1 aromatic heterocycles. The molecule has 0 spiro atoms. The molecule has 0 fully saturated rings.